The highest BCUT2D eigenvalue weighted by Gasteiger charge is 2.36. The zero-order valence-electron chi connectivity index (χ0n) is 16.8. The topological polar surface area (TPSA) is 194 Å². The molecule has 14 nitrogen and oxygen atoms in total. The molecule has 3 N–H and O–H groups in total. The minimum Gasteiger partial charge on any atom is -0.502 e. The van der Waals surface area contributed by atoms with Crippen LogP contribution in [0.4, 0.5) is 21.9 Å². The molecule has 0 atom stereocenters. The molecule has 1 heterocycles. The van der Waals surface area contributed by atoms with Crippen molar-refractivity contribution < 1.29 is 34.1 Å². The second-order valence-electron chi connectivity index (χ2n) is 6.54. The molecule has 0 unspecified atom stereocenters. The predicted octanol–water partition coefficient (Wildman–Crippen LogP) is 1.75. The summed E-state index contributed by atoms with van der Waals surface area (Å²) in [5.41, 5.74) is -2.26. The first-order chi connectivity index (χ1) is 15.6. The molecule has 0 aromatic heterocycles. The van der Waals surface area contributed by atoms with Crippen LogP contribution in [0.15, 0.2) is 42.1 Å². The molecule has 0 spiro atoms. The largest absolute Gasteiger partial charge is 0.502 e. The Kier molecular flexibility index (Phi) is 6.19. The van der Waals surface area contributed by atoms with Gasteiger partial charge in [-0.25, -0.2) is 9.69 Å². The van der Waals surface area contributed by atoms with Gasteiger partial charge in [-0.05, 0) is 18.2 Å². The highest BCUT2D eigenvalue weighted by Crippen LogP contribution is 2.35. The van der Waals surface area contributed by atoms with Crippen LogP contribution >= 0.6 is 0 Å². The van der Waals surface area contributed by atoms with Crippen LogP contribution in [0.5, 0.6) is 11.5 Å². The van der Waals surface area contributed by atoms with Crippen molar-refractivity contribution in [1.29, 1.82) is 0 Å². The number of methoxy groups -OCH3 is 1. The minimum atomic E-state index is -1.03. The summed E-state index contributed by atoms with van der Waals surface area (Å²) in [5, 5.41) is 36.9. The summed E-state index contributed by atoms with van der Waals surface area (Å²) in [6.07, 6.45) is 0.841. The molecule has 2 aromatic carbocycles. The number of hydrogen-bond acceptors (Lipinski definition) is 9. The first-order valence-corrected chi connectivity index (χ1v) is 9.05. The SMILES string of the molecule is COc1ccccc1NC(=O)CN1C(=O)N/C(=C/c2cc([N+](=O)[O-])cc([N+](=O)[O-])c2O)C1=O. The van der Waals surface area contributed by atoms with Gasteiger partial charge in [-0.2, -0.15) is 0 Å². The third-order valence-corrected chi connectivity index (χ3v) is 4.46. The fraction of sp³-hybridized carbons (Fsp3) is 0.105. The number of phenols is 1. The molecule has 33 heavy (non-hydrogen) atoms. The maximum absolute atomic E-state index is 12.6. The number of anilines is 1. The van der Waals surface area contributed by atoms with E-state index in [-0.39, 0.29) is 0 Å². The first kappa shape index (κ1) is 22.7. The van der Waals surface area contributed by atoms with Crippen LogP contribution in [0.2, 0.25) is 0 Å². The maximum Gasteiger partial charge on any atom is 0.329 e. The van der Waals surface area contributed by atoms with E-state index >= 15 is 0 Å². The summed E-state index contributed by atoms with van der Waals surface area (Å²) in [6.45, 7) is -0.679. The van der Waals surface area contributed by atoms with E-state index in [9.17, 15) is 39.7 Å². The lowest BCUT2D eigenvalue weighted by molar-refractivity contribution is -0.394. The number of phenolic OH excluding ortho intramolecular Hbond substituents is 1. The number of urea groups is 1. The number of carbonyl (C=O) groups is 3. The van der Waals surface area contributed by atoms with Gasteiger partial charge >= 0.3 is 11.7 Å². The van der Waals surface area contributed by atoms with Gasteiger partial charge in [0.1, 0.15) is 18.0 Å². The van der Waals surface area contributed by atoms with Crippen molar-refractivity contribution in [2.75, 3.05) is 19.0 Å². The normalized spacial score (nSPS) is 14.2. The number of amides is 4. The molecule has 1 aliphatic heterocycles. The maximum atomic E-state index is 12.6. The quantitative estimate of drug-likeness (QED) is 0.240. The van der Waals surface area contributed by atoms with Gasteiger partial charge in [0.2, 0.25) is 11.7 Å². The number of rotatable bonds is 7. The van der Waals surface area contributed by atoms with Crippen molar-refractivity contribution in [1.82, 2.24) is 10.2 Å². The summed E-state index contributed by atoms with van der Waals surface area (Å²) >= 11 is 0. The summed E-state index contributed by atoms with van der Waals surface area (Å²) in [4.78, 5) is 57.9. The van der Waals surface area contributed by atoms with Crippen LogP contribution in [0, 0.1) is 20.2 Å². The number of aromatic hydroxyl groups is 1. The van der Waals surface area contributed by atoms with E-state index in [1.165, 1.54) is 7.11 Å². The van der Waals surface area contributed by atoms with Crippen LogP contribution in [-0.2, 0) is 9.59 Å². The third kappa shape index (κ3) is 4.68. The van der Waals surface area contributed by atoms with Gasteiger partial charge in [0, 0.05) is 11.6 Å². The summed E-state index contributed by atoms with van der Waals surface area (Å²) in [6, 6.07) is 6.84. The molecule has 0 saturated carbocycles. The lowest BCUT2D eigenvalue weighted by Crippen LogP contribution is -2.38. The Balaban J connectivity index is 1.85. The molecular weight excluding hydrogens is 442 g/mol. The highest BCUT2D eigenvalue weighted by molar-refractivity contribution is 6.16. The Labute approximate surface area is 184 Å². The summed E-state index contributed by atoms with van der Waals surface area (Å²) < 4.78 is 5.10. The van der Waals surface area contributed by atoms with Gasteiger partial charge in [-0.15, -0.1) is 0 Å². The molecule has 0 bridgehead atoms. The van der Waals surface area contributed by atoms with Gasteiger partial charge in [0.15, 0.2) is 0 Å². The van der Waals surface area contributed by atoms with Gasteiger partial charge < -0.3 is 20.5 Å². The van der Waals surface area contributed by atoms with Crippen molar-refractivity contribution in [3.63, 3.8) is 0 Å². The van der Waals surface area contributed by atoms with E-state index < -0.39 is 62.6 Å². The van der Waals surface area contributed by atoms with E-state index in [1.54, 1.807) is 24.3 Å². The highest BCUT2D eigenvalue weighted by atomic mass is 16.6. The second-order valence-corrected chi connectivity index (χ2v) is 6.54. The lowest BCUT2D eigenvalue weighted by Gasteiger charge is -2.13. The van der Waals surface area contributed by atoms with Crippen molar-refractivity contribution in [3.05, 3.63) is 67.9 Å². The molecule has 170 valence electrons. The number of benzene rings is 2. The van der Waals surface area contributed by atoms with E-state index in [0.717, 1.165) is 12.1 Å². The number of carbonyl (C=O) groups excluding carboxylic acids is 3. The van der Waals surface area contributed by atoms with Crippen molar-refractivity contribution in [3.8, 4) is 11.5 Å². The standard InChI is InChI=1S/C19H15N5O9/c1-33-15-5-3-2-4-12(15)20-16(25)9-22-18(27)13(21-19(22)28)7-10-6-11(23(29)30)8-14(17(10)26)24(31)32/h2-8,26H,9H2,1H3,(H,20,25)(H,21,28)/b13-7+. The molecule has 4 amide bonds. The number of nitro groups is 2. The van der Waals surface area contributed by atoms with Crippen LogP contribution < -0.4 is 15.4 Å². The Morgan fingerprint density at radius 3 is 2.55 bits per heavy atom. The monoisotopic (exact) mass is 457 g/mol. The number of nitro benzene ring substituents is 2. The Morgan fingerprint density at radius 2 is 1.91 bits per heavy atom. The molecule has 14 heteroatoms. The van der Waals surface area contributed by atoms with E-state index in [1.807, 2.05) is 0 Å². The number of nitrogens with zero attached hydrogens (tertiary/aromatic N) is 3. The molecule has 2 aromatic rings. The number of nitrogens with one attached hydrogen (secondary N) is 2. The number of ether oxygens (including phenoxy) is 1. The van der Waals surface area contributed by atoms with Crippen molar-refractivity contribution >= 4 is 41.0 Å². The average Bonchev–Trinajstić information content (AvgIpc) is 3.02. The second kappa shape index (κ2) is 9.01. The van der Waals surface area contributed by atoms with Gasteiger partial charge in [-0.1, -0.05) is 12.1 Å². The van der Waals surface area contributed by atoms with Crippen molar-refractivity contribution in [2.45, 2.75) is 0 Å². The Morgan fingerprint density at radius 1 is 1.21 bits per heavy atom. The predicted molar refractivity (Wildman–Crippen MR) is 111 cm³/mol. The molecule has 0 radical (unpaired) electrons. The van der Waals surface area contributed by atoms with Crippen molar-refractivity contribution in [2.24, 2.45) is 0 Å². The number of hydrogen-bond donors (Lipinski definition) is 3. The van der Waals surface area contributed by atoms with E-state index in [2.05, 4.69) is 10.6 Å². The van der Waals surface area contributed by atoms with Gasteiger partial charge in [0.25, 0.3) is 11.6 Å². The van der Waals surface area contributed by atoms with Crippen LogP contribution in [0.25, 0.3) is 6.08 Å². The van der Waals surface area contributed by atoms with Gasteiger partial charge in [-0.3, -0.25) is 29.8 Å². The summed E-state index contributed by atoms with van der Waals surface area (Å²) in [5.74, 6) is -2.29. The first-order valence-electron chi connectivity index (χ1n) is 9.05. The lowest BCUT2D eigenvalue weighted by atomic mass is 10.1. The zero-order valence-corrected chi connectivity index (χ0v) is 16.8. The fourth-order valence-corrected chi connectivity index (χ4v) is 2.93. The minimum absolute atomic E-state index is 0.307. The third-order valence-electron chi connectivity index (χ3n) is 4.46. The zero-order chi connectivity index (χ0) is 24.3. The Bertz CT molecular complexity index is 1220. The molecule has 0 aliphatic carbocycles. The molecule has 1 aliphatic rings. The Hall–Kier alpha value is -5.01. The van der Waals surface area contributed by atoms with Crippen LogP contribution in [-0.4, -0.2) is 51.4 Å². The van der Waals surface area contributed by atoms with Gasteiger partial charge in [0.05, 0.1) is 28.7 Å². The smallest absolute Gasteiger partial charge is 0.329 e. The molecule has 1 saturated heterocycles. The molecule has 3 rings (SSSR count). The average molecular weight is 457 g/mol. The van der Waals surface area contributed by atoms with E-state index in [0.29, 0.717) is 22.4 Å². The van der Waals surface area contributed by atoms with Crippen LogP contribution in [0.3, 0.4) is 0 Å². The molecule has 1 fully saturated rings. The van der Waals surface area contributed by atoms with Crippen LogP contribution in [0.1, 0.15) is 5.56 Å². The fourth-order valence-electron chi connectivity index (χ4n) is 2.93. The number of non-ortho nitro benzene ring substituents is 1. The number of imide groups is 1. The summed E-state index contributed by atoms with van der Waals surface area (Å²) in [7, 11) is 1.40. The molecular formula is C19H15N5O9. The van der Waals surface area contributed by atoms with E-state index in [4.69, 9.17) is 4.74 Å². The number of para-hydroxylation sites is 2.